The van der Waals surface area contributed by atoms with Crippen molar-refractivity contribution in [3.63, 3.8) is 0 Å². The molecule has 0 bridgehead atoms. The van der Waals surface area contributed by atoms with Gasteiger partial charge in [0, 0.05) is 54.8 Å². The molecule has 0 aliphatic carbocycles. The van der Waals surface area contributed by atoms with Gasteiger partial charge in [0.2, 0.25) is 5.91 Å². The maximum Gasteiger partial charge on any atom is 0.253 e. The van der Waals surface area contributed by atoms with Gasteiger partial charge in [-0.05, 0) is 55.7 Å². The number of benzene rings is 2. The van der Waals surface area contributed by atoms with Gasteiger partial charge in [0.25, 0.3) is 5.91 Å². The third-order valence-corrected chi connectivity index (χ3v) is 5.99. The van der Waals surface area contributed by atoms with E-state index in [1.165, 1.54) is 16.6 Å². The number of aryl methyl sites for hydroxylation is 2. The summed E-state index contributed by atoms with van der Waals surface area (Å²) in [6, 6.07) is 17.8. The molecule has 3 aromatic rings. The Balaban J connectivity index is 1.30. The van der Waals surface area contributed by atoms with Crippen molar-refractivity contribution in [2.24, 2.45) is 13.0 Å². The molecule has 29 heavy (non-hydrogen) atoms. The number of nitrogens with one attached hydrogen (secondary N) is 1. The van der Waals surface area contributed by atoms with Crippen LogP contribution in [-0.2, 0) is 18.4 Å². The number of hydrogen-bond donors (Lipinski definition) is 1. The fourth-order valence-electron chi connectivity index (χ4n) is 4.09. The van der Waals surface area contributed by atoms with Crippen molar-refractivity contribution < 1.29 is 9.59 Å². The lowest BCUT2D eigenvalue weighted by atomic mass is 9.95. The van der Waals surface area contributed by atoms with E-state index in [0.717, 1.165) is 5.56 Å². The van der Waals surface area contributed by atoms with E-state index in [-0.39, 0.29) is 17.7 Å². The third-order valence-electron chi connectivity index (χ3n) is 5.99. The fourth-order valence-corrected chi connectivity index (χ4v) is 4.09. The van der Waals surface area contributed by atoms with Crippen LogP contribution in [0.25, 0.3) is 10.9 Å². The monoisotopic (exact) mass is 389 g/mol. The number of carbonyl (C=O) groups is 2. The predicted octanol–water partition coefficient (Wildman–Crippen LogP) is 3.66. The van der Waals surface area contributed by atoms with Crippen LogP contribution in [0.1, 0.15) is 34.5 Å². The zero-order valence-corrected chi connectivity index (χ0v) is 17.0. The SMILES string of the molecule is Cc1cc2cc(CNC(=O)C3CCN(C(=O)c4ccccc4)CC3)ccc2n1C. The Morgan fingerprint density at radius 3 is 2.48 bits per heavy atom. The van der Waals surface area contributed by atoms with Gasteiger partial charge in [-0.1, -0.05) is 24.3 Å². The van der Waals surface area contributed by atoms with Crippen LogP contribution in [-0.4, -0.2) is 34.4 Å². The Bertz CT molecular complexity index is 1030. The largest absolute Gasteiger partial charge is 0.352 e. The van der Waals surface area contributed by atoms with Crippen molar-refractivity contribution in [2.45, 2.75) is 26.3 Å². The topological polar surface area (TPSA) is 54.3 Å². The standard InChI is InChI=1S/C24H27N3O2/c1-17-14-21-15-18(8-9-22(21)26(17)2)16-25-23(28)19-10-12-27(13-11-19)24(29)20-6-4-3-5-7-20/h3-9,14-15,19H,10-13,16H2,1-2H3,(H,25,28). The highest BCUT2D eigenvalue weighted by atomic mass is 16.2. The van der Waals surface area contributed by atoms with Gasteiger partial charge in [-0.2, -0.15) is 0 Å². The summed E-state index contributed by atoms with van der Waals surface area (Å²) in [4.78, 5) is 27.0. The first kappa shape index (κ1) is 19.2. The Morgan fingerprint density at radius 2 is 1.76 bits per heavy atom. The van der Waals surface area contributed by atoms with Gasteiger partial charge in [-0.25, -0.2) is 0 Å². The summed E-state index contributed by atoms with van der Waals surface area (Å²) in [5.41, 5.74) is 4.24. The van der Waals surface area contributed by atoms with Crippen LogP contribution < -0.4 is 5.32 Å². The van der Waals surface area contributed by atoms with Crippen molar-refractivity contribution >= 4 is 22.7 Å². The Kier molecular flexibility index (Phi) is 5.38. The quantitative estimate of drug-likeness (QED) is 0.740. The summed E-state index contributed by atoms with van der Waals surface area (Å²) >= 11 is 0. The van der Waals surface area contributed by atoms with Crippen LogP contribution in [0.15, 0.2) is 54.6 Å². The molecule has 0 unspecified atom stereocenters. The summed E-state index contributed by atoms with van der Waals surface area (Å²) in [6.45, 7) is 3.88. The normalized spacial score (nSPS) is 14.9. The number of hydrogen-bond acceptors (Lipinski definition) is 2. The average molecular weight is 389 g/mol. The molecule has 1 fully saturated rings. The third kappa shape index (κ3) is 4.04. The smallest absolute Gasteiger partial charge is 0.253 e. The number of piperidine rings is 1. The first-order valence-corrected chi connectivity index (χ1v) is 10.2. The number of rotatable bonds is 4. The zero-order chi connectivity index (χ0) is 20.4. The van der Waals surface area contributed by atoms with Crippen molar-refractivity contribution in [3.8, 4) is 0 Å². The molecular weight excluding hydrogens is 362 g/mol. The fraction of sp³-hybridized carbons (Fsp3) is 0.333. The highest BCUT2D eigenvalue weighted by Gasteiger charge is 2.27. The molecule has 5 heteroatoms. The molecule has 2 amide bonds. The zero-order valence-electron chi connectivity index (χ0n) is 17.0. The summed E-state index contributed by atoms with van der Waals surface area (Å²) in [6.07, 6.45) is 1.42. The van der Waals surface area contributed by atoms with Gasteiger partial charge in [0.1, 0.15) is 0 Å². The molecule has 1 aromatic heterocycles. The molecular formula is C24H27N3O2. The Morgan fingerprint density at radius 1 is 1.03 bits per heavy atom. The molecule has 0 spiro atoms. The van der Waals surface area contributed by atoms with E-state index in [1.54, 1.807) is 0 Å². The summed E-state index contributed by atoms with van der Waals surface area (Å²) in [5.74, 6) is 0.106. The molecule has 5 nitrogen and oxygen atoms in total. The summed E-state index contributed by atoms with van der Waals surface area (Å²) in [5, 5.41) is 4.28. The minimum Gasteiger partial charge on any atom is -0.352 e. The second-order valence-corrected chi connectivity index (χ2v) is 7.89. The number of aromatic nitrogens is 1. The lowest BCUT2D eigenvalue weighted by Crippen LogP contribution is -2.42. The second kappa shape index (κ2) is 8.11. The van der Waals surface area contributed by atoms with E-state index in [0.29, 0.717) is 38.0 Å². The van der Waals surface area contributed by atoms with Gasteiger partial charge in [-0.15, -0.1) is 0 Å². The lowest BCUT2D eigenvalue weighted by Gasteiger charge is -2.31. The molecule has 4 rings (SSSR count). The lowest BCUT2D eigenvalue weighted by molar-refractivity contribution is -0.126. The van der Waals surface area contributed by atoms with Crippen LogP contribution >= 0.6 is 0 Å². The molecule has 1 saturated heterocycles. The number of amides is 2. The molecule has 150 valence electrons. The number of fused-ring (bicyclic) bond motifs is 1. The second-order valence-electron chi connectivity index (χ2n) is 7.89. The molecule has 1 aliphatic heterocycles. The number of nitrogens with zero attached hydrogens (tertiary/aromatic N) is 2. The predicted molar refractivity (Wildman–Crippen MR) is 115 cm³/mol. The van der Waals surface area contributed by atoms with Crippen molar-refractivity contribution in [3.05, 3.63) is 71.4 Å². The Hall–Kier alpha value is -3.08. The first-order valence-electron chi connectivity index (χ1n) is 10.2. The Labute approximate surface area is 171 Å². The highest BCUT2D eigenvalue weighted by Crippen LogP contribution is 2.21. The maximum absolute atomic E-state index is 12.6. The molecule has 1 aliphatic rings. The van der Waals surface area contributed by atoms with E-state index in [9.17, 15) is 9.59 Å². The van der Waals surface area contributed by atoms with Gasteiger partial charge < -0.3 is 14.8 Å². The van der Waals surface area contributed by atoms with E-state index < -0.39 is 0 Å². The summed E-state index contributed by atoms with van der Waals surface area (Å²) in [7, 11) is 2.06. The van der Waals surface area contributed by atoms with Crippen molar-refractivity contribution in [1.29, 1.82) is 0 Å². The van der Waals surface area contributed by atoms with Gasteiger partial charge >= 0.3 is 0 Å². The molecule has 2 heterocycles. The van der Waals surface area contributed by atoms with Crippen LogP contribution in [0.4, 0.5) is 0 Å². The molecule has 2 aromatic carbocycles. The molecule has 0 saturated carbocycles. The van der Waals surface area contributed by atoms with Gasteiger partial charge in [0.15, 0.2) is 0 Å². The van der Waals surface area contributed by atoms with Crippen molar-refractivity contribution in [2.75, 3.05) is 13.1 Å². The maximum atomic E-state index is 12.6. The number of carbonyl (C=O) groups excluding carboxylic acids is 2. The molecule has 0 radical (unpaired) electrons. The van der Waals surface area contributed by atoms with Gasteiger partial charge in [0.05, 0.1) is 0 Å². The molecule has 0 atom stereocenters. The van der Waals surface area contributed by atoms with E-state index in [2.05, 4.69) is 48.1 Å². The van der Waals surface area contributed by atoms with Crippen LogP contribution in [0.2, 0.25) is 0 Å². The van der Waals surface area contributed by atoms with Crippen molar-refractivity contribution in [1.82, 2.24) is 14.8 Å². The first-order chi connectivity index (χ1) is 14.0. The summed E-state index contributed by atoms with van der Waals surface area (Å²) < 4.78 is 2.17. The van der Waals surface area contributed by atoms with Crippen LogP contribution in [0.5, 0.6) is 0 Å². The minimum atomic E-state index is -0.0301. The van der Waals surface area contributed by atoms with Crippen LogP contribution in [0, 0.1) is 12.8 Å². The number of likely N-dealkylation sites (tertiary alicyclic amines) is 1. The average Bonchev–Trinajstić information content (AvgIpc) is 3.05. The minimum absolute atomic E-state index is 0.0301. The van der Waals surface area contributed by atoms with Gasteiger partial charge in [-0.3, -0.25) is 9.59 Å². The van der Waals surface area contributed by atoms with E-state index in [1.807, 2.05) is 35.2 Å². The highest BCUT2D eigenvalue weighted by molar-refractivity contribution is 5.94. The van der Waals surface area contributed by atoms with Crippen LogP contribution in [0.3, 0.4) is 0 Å². The molecule has 1 N–H and O–H groups in total. The van der Waals surface area contributed by atoms with E-state index >= 15 is 0 Å². The van der Waals surface area contributed by atoms with E-state index in [4.69, 9.17) is 0 Å².